The quantitative estimate of drug-likeness (QED) is 0.750. The van der Waals surface area contributed by atoms with Crippen LogP contribution in [-0.2, 0) is 0 Å². The number of halogens is 2. The standard InChI is InChI=1S/C15H9Cl2NO/c1-9-13-4-2-3-5-14(13)15(19)18(9)12-7-10(16)6-11(17)8-12/h2-8H,1H2. The molecule has 2 aromatic rings. The first-order valence-electron chi connectivity index (χ1n) is 5.67. The zero-order chi connectivity index (χ0) is 13.6. The smallest absolute Gasteiger partial charge is 0.263 e. The van der Waals surface area contributed by atoms with Crippen LogP contribution in [0.25, 0.3) is 5.70 Å². The van der Waals surface area contributed by atoms with Crippen LogP contribution in [-0.4, -0.2) is 5.91 Å². The lowest BCUT2D eigenvalue weighted by Crippen LogP contribution is -2.21. The van der Waals surface area contributed by atoms with Crippen molar-refractivity contribution in [2.45, 2.75) is 0 Å². The number of carbonyl (C=O) groups excluding carboxylic acids is 1. The largest absolute Gasteiger partial charge is 0.277 e. The van der Waals surface area contributed by atoms with Crippen LogP contribution in [0.4, 0.5) is 5.69 Å². The second-order valence-electron chi connectivity index (χ2n) is 4.26. The van der Waals surface area contributed by atoms with Crippen LogP contribution >= 0.6 is 23.2 Å². The summed E-state index contributed by atoms with van der Waals surface area (Å²) in [5.74, 6) is -0.112. The summed E-state index contributed by atoms with van der Waals surface area (Å²) in [7, 11) is 0. The average Bonchev–Trinajstić information content (AvgIpc) is 2.61. The Labute approximate surface area is 120 Å². The molecule has 0 bridgehead atoms. The summed E-state index contributed by atoms with van der Waals surface area (Å²) in [5, 5.41) is 0.970. The van der Waals surface area contributed by atoms with Crippen LogP contribution in [0.15, 0.2) is 49.0 Å². The monoisotopic (exact) mass is 289 g/mol. The van der Waals surface area contributed by atoms with Crippen molar-refractivity contribution in [2.75, 3.05) is 4.90 Å². The maximum Gasteiger partial charge on any atom is 0.263 e. The van der Waals surface area contributed by atoms with Gasteiger partial charge in [-0.1, -0.05) is 48.0 Å². The van der Waals surface area contributed by atoms with Crippen molar-refractivity contribution in [1.82, 2.24) is 0 Å². The molecular formula is C15H9Cl2NO. The predicted octanol–water partition coefficient (Wildman–Crippen LogP) is 4.62. The van der Waals surface area contributed by atoms with Gasteiger partial charge in [0.15, 0.2) is 0 Å². The maximum absolute atomic E-state index is 12.4. The molecule has 0 aromatic heterocycles. The van der Waals surface area contributed by atoms with Gasteiger partial charge in [0.25, 0.3) is 5.91 Å². The molecule has 2 aromatic carbocycles. The third kappa shape index (κ3) is 1.93. The van der Waals surface area contributed by atoms with Crippen LogP contribution < -0.4 is 4.90 Å². The average molecular weight is 290 g/mol. The molecule has 0 radical (unpaired) electrons. The van der Waals surface area contributed by atoms with E-state index < -0.39 is 0 Å². The third-order valence-electron chi connectivity index (χ3n) is 3.05. The molecule has 0 N–H and O–H groups in total. The minimum Gasteiger partial charge on any atom is -0.277 e. The lowest BCUT2D eigenvalue weighted by Gasteiger charge is -2.18. The van der Waals surface area contributed by atoms with Gasteiger partial charge in [0.2, 0.25) is 0 Å². The van der Waals surface area contributed by atoms with E-state index in [4.69, 9.17) is 23.2 Å². The summed E-state index contributed by atoms with van der Waals surface area (Å²) in [5.41, 5.74) is 2.75. The third-order valence-corrected chi connectivity index (χ3v) is 3.48. The van der Waals surface area contributed by atoms with Gasteiger partial charge in [-0.25, -0.2) is 0 Å². The minimum absolute atomic E-state index is 0.112. The molecule has 0 fully saturated rings. The molecule has 3 rings (SSSR count). The van der Waals surface area contributed by atoms with Crippen LogP contribution in [0.1, 0.15) is 15.9 Å². The minimum atomic E-state index is -0.112. The predicted molar refractivity (Wildman–Crippen MR) is 78.7 cm³/mol. The summed E-state index contributed by atoms with van der Waals surface area (Å²) in [6.07, 6.45) is 0. The first kappa shape index (κ1) is 12.3. The number of hydrogen-bond donors (Lipinski definition) is 0. The molecule has 94 valence electrons. The van der Waals surface area contributed by atoms with E-state index in [1.165, 1.54) is 4.90 Å². The Morgan fingerprint density at radius 2 is 1.53 bits per heavy atom. The molecule has 0 spiro atoms. The van der Waals surface area contributed by atoms with Crippen LogP contribution in [0.5, 0.6) is 0 Å². The van der Waals surface area contributed by atoms with Crippen molar-refractivity contribution in [3.8, 4) is 0 Å². The summed E-state index contributed by atoms with van der Waals surface area (Å²) in [6, 6.07) is 12.4. The fourth-order valence-electron chi connectivity index (χ4n) is 2.23. The van der Waals surface area contributed by atoms with Crippen molar-refractivity contribution in [2.24, 2.45) is 0 Å². The van der Waals surface area contributed by atoms with Crippen molar-refractivity contribution in [3.05, 3.63) is 70.2 Å². The van der Waals surface area contributed by atoms with Gasteiger partial charge in [-0.05, 0) is 24.3 Å². The summed E-state index contributed by atoms with van der Waals surface area (Å²) in [4.78, 5) is 13.9. The Bertz CT molecular complexity index is 654. The zero-order valence-electron chi connectivity index (χ0n) is 9.86. The van der Waals surface area contributed by atoms with E-state index in [0.29, 0.717) is 27.0 Å². The summed E-state index contributed by atoms with van der Waals surface area (Å²) in [6.45, 7) is 3.98. The Balaban J connectivity index is 2.14. The van der Waals surface area contributed by atoms with Gasteiger partial charge in [0.1, 0.15) is 0 Å². The Morgan fingerprint density at radius 1 is 0.947 bits per heavy atom. The van der Waals surface area contributed by atoms with E-state index in [1.54, 1.807) is 24.3 Å². The molecule has 0 unspecified atom stereocenters. The van der Waals surface area contributed by atoms with Gasteiger partial charge in [0, 0.05) is 21.2 Å². The zero-order valence-corrected chi connectivity index (χ0v) is 11.4. The van der Waals surface area contributed by atoms with E-state index in [-0.39, 0.29) is 5.91 Å². The first-order valence-corrected chi connectivity index (χ1v) is 6.42. The number of amides is 1. The number of fused-ring (bicyclic) bond motifs is 1. The topological polar surface area (TPSA) is 20.3 Å². The molecule has 2 nitrogen and oxygen atoms in total. The van der Waals surface area contributed by atoms with Crippen molar-refractivity contribution in [1.29, 1.82) is 0 Å². The molecule has 0 atom stereocenters. The molecule has 4 heteroatoms. The Kier molecular flexibility index (Phi) is 2.85. The number of hydrogen-bond acceptors (Lipinski definition) is 1. The lowest BCUT2D eigenvalue weighted by atomic mass is 10.1. The number of rotatable bonds is 1. The first-order chi connectivity index (χ1) is 9.08. The molecule has 1 aliphatic heterocycles. The second kappa shape index (κ2) is 4.41. The number of carbonyl (C=O) groups is 1. The van der Waals surface area contributed by atoms with Gasteiger partial charge in [-0.3, -0.25) is 9.69 Å². The lowest BCUT2D eigenvalue weighted by molar-refractivity contribution is 0.101. The van der Waals surface area contributed by atoms with Crippen LogP contribution in [0.3, 0.4) is 0 Å². The molecule has 0 aliphatic carbocycles. The van der Waals surface area contributed by atoms with Gasteiger partial charge in [0.05, 0.1) is 11.4 Å². The second-order valence-corrected chi connectivity index (χ2v) is 5.13. The maximum atomic E-state index is 12.4. The van der Waals surface area contributed by atoms with Gasteiger partial charge >= 0.3 is 0 Å². The van der Waals surface area contributed by atoms with E-state index >= 15 is 0 Å². The van der Waals surface area contributed by atoms with Crippen LogP contribution in [0.2, 0.25) is 10.0 Å². The molecule has 1 aliphatic rings. The number of benzene rings is 2. The molecule has 19 heavy (non-hydrogen) atoms. The Hall–Kier alpha value is -1.77. The highest BCUT2D eigenvalue weighted by molar-refractivity contribution is 6.35. The highest BCUT2D eigenvalue weighted by Gasteiger charge is 2.31. The fraction of sp³-hybridized carbons (Fsp3) is 0. The van der Waals surface area contributed by atoms with Crippen molar-refractivity contribution < 1.29 is 4.79 Å². The molecular weight excluding hydrogens is 281 g/mol. The highest BCUT2D eigenvalue weighted by atomic mass is 35.5. The summed E-state index contributed by atoms with van der Waals surface area (Å²) < 4.78 is 0. The van der Waals surface area contributed by atoms with E-state index in [9.17, 15) is 4.79 Å². The molecule has 0 saturated carbocycles. The number of anilines is 1. The molecule has 1 amide bonds. The van der Waals surface area contributed by atoms with Gasteiger partial charge < -0.3 is 0 Å². The van der Waals surface area contributed by atoms with E-state index in [2.05, 4.69) is 6.58 Å². The summed E-state index contributed by atoms with van der Waals surface area (Å²) >= 11 is 12.0. The van der Waals surface area contributed by atoms with E-state index in [0.717, 1.165) is 5.56 Å². The Morgan fingerprint density at radius 3 is 2.11 bits per heavy atom. The van der Waals surface area contributed by atoms with Crippen molar-refractivity contribution in [3.63, 3.8) is 0 Å². The van der Waals surface area contributed by atoms with E-state index in [1.807, 2.05) is 18.2 Å². The fourth-order valence-corrected chi connectivity index (χ4v) is 2.74. The highest BCUT2D eigenvalue weighted by Crippen LogP contribution is 2.37. The molecule has 0 saturated heterocycles. The number of nitrogens with zero attached hydrogens (tertiary/aromatic N) is 1. The van der Waals surface area contributed by atoms with Gasteiger partial charge in [-0.2, -0.15) is 0 Å². The SMILES string of the molecule is C=C1c2ccccc2C(=O)N1c1cc(Cl)cc(Cl)c1. The van der Waals surface area contributed by atoms with Crippen LogP contribution in [0, 0.1) is 0 Å². The normalized spacial score (nSPS) is 13.9. The van der Waals surface area contributed by atoms with Gasteiger partial charge in [-0.15, -0.1) is 0 Å². The molecule has 1 heterocycles. The van der Waals surface area contributed by atoms with Crippen molar-refractivity contribution >= 4 is 40.5 Å².